The number of non-ortho nitro benzene ring substituents is 1. The van der Waals surface area contributed by atoms with Crippen LogP contribution in [0.4, 0.5) is 10.5 Å². The molecule has 1 saturated heterocycles. The van der Waals surface area contributed by atoms with Gasteiger partial charge in [-0.25, -0.2) is 0 Å². The Balaban J connectivity index is 1.76. The molecule has 1 aromatic carbocycles. The van der Waals surface area contributed by atoms with Crippen LogP contribution in [0.5, 0.6) is 0 Å². The van der Waals surface area contributed by atoms with E-state index in [0.717, 1.165) is 4.90 Å². The number of thioether (sulfide) groups is 1. The summed E-state index contributed by atoms with van der Waals surface area (Å²) in [5, 5.41) is 10.1. The second-order valence-corrected chi connectivity index (χ2v) is 6.57. The monoisotopic (exact) mass is 402 g/mol. The van der Waals surface area contributed by atoms with Crippen molar-refractivity contribution in [1.82, 2.24) is 4.90 Å². The Hall–Kier alpha value is -3.40. The zero-order valence-electron chi connectivity index (χ0n) is 14.6. The third-order valence-corrected chi connectivity index (χ3v) is 4.64. The standard InChI is InChI=1S/C18H14N2O7S/c1-2-26-16(21)10-19-17(22)15(28-18(19)23)9-13-7-8-14(27-13)11-3-5-12(6-4-11)20(24)25/h3-9H,2,10H2,1H3/b15-9-. The number of furan rings is 1. The number of rotatable bonds is 6. The molecule has 2 heterocycles. The van der Waals surface area contributed by atoms with Crippen molar-refractivity contribution in [3.05, 3.63) is 57.2 Å². The quantitative estimate of drug-likeness (QED) is 0.312. The zero-order chi connectivity index (χ0) is 20.3. The molecule has 10 heteroatoms. The number of nitro benzene ring substituents is 1. The van der Waals surface area contributed by atoms with Crippen molar-refractivity contribution in [3.63, 3.8) is 0 Å². The van der Waals surface area contributed by atoms with Gasteiger partial charge in [0, 0.05) is 23.8 Å². The Morgan fingerprint density at radius 2 is 1.96 bits per heavy atom. The van der Waals surface area contributed by atoms with Gasteiger partial charge in [-0.3, -0.25) is 29.4 Å². The van der Waals surface area contributed by atoms with E-state index < -0.39 is 28.6 Å². The topological polar surface area (TPSA) is 120 Å². The lowest BCUT2D eigenvalue weighted by Gasteiger charge is -2.10. The number of ether oxygens (including phenoxy) is 1. The Morgan fingerprint density at radius 3 is 2.61 bits per heavy atom. The fourth-order valence-electron chi connectivity index (χ4n) is 2.43. The van der Waals surface area contributed by atoms with Crippen LogP contribution in [0, 0.1) is 10.1 Å². The second-order valence-electron chi connectivity index (χ2n) is 5.58. The van der Waals surface area contributed by atoms with Crippen LogP contribution in [0.2, 0.25) is 0 Å². The van der Waals surface area contributed by atoms with Crippen LogP contribution in [0.1, 0.15) is 12.7 Å². The van der Waals surface area contributed by atoms with Gasteiger partial charge in [0.05, 0.1) is 16.4 Å². The summed E-state index contributed by atoms with van der Waals surface area (Å²) in [4.78, 5) is 47.0. The minimum Gasteiger partial charge on any atom is -0.465 e. The summed E-state index contributed by atoms with van der Waals surface area (Å²) in [7, 11) is 0. The van der Waals surface area contributed by atoms with Gasteiger partial charge in [-0.05, 0) is 43.0 Å². The highest BCUT2D eigenvalue weighted by Gasteiger charge is 2.36. The third kappa shape index (κ3) is 4.12. The van der Waals surface area contributed by atoms with Gasteiger partial charge in [0.15, 0.2) is 0 Å². The number of benzene rings is 1. The maximum Gasteiger partial charge on any atom is 0.326 e. The maximum absolute atomic E-state index is 12.3. The average Bonchev–Trinajstić information content (AvgIpc) is 3.23. The lowest BCUT2D eigenvalue weighted by molar-refractivity contribution is -0.384. The summed E-state index contributed by atoms with van der Waals surface area (Å²) in [5.74, 6) is -0.484. The van der Waals surface area contributed by atoms with Crippen molar-refractivity contribution in [2.24, 2.45) is 0 Å². The lowest BCUT2D eigenvalue weighted by atomic mass is 10.1. The first-order valence-corrected chi connectivity index (χ1v) is 8.96. The Morgan fingerprint density at radius 1 is 1.25 bits per heavy atom. The van der Waals surface area contributed by atoms with Gasteiger partial charge in [0.25, 0.3) is 16.8 Å². The third-order valence-electron chi connectivity index (χ3n) is 3.73. The van der Waals surface area contributed by atoms with Crippen LogP contribution < -0.4 is 0 Å². The van der Waals surface area contributed by atoms with Gasteiger partial charge < -0.3 is 9.15 Å². The number of imide groups is 1. The zero-order valence-corrected chi connectivity index (χ0v) is 15.4. The molecule has 0 N–H and O–H groups in total. The number of hydrogen-bond donors (Lipinski definition) is 0. The van der Waals surface area contributed by atoms with E-state index in [1.165, 1.54) is 18.2 Å². The molecule has 1 fully saturated rings. The first-order chi connectivity index (χ1) is 13.4. The van der Waals surface area contributed by atoms with Crippen molar-refractivity contribution in [2.45, 2.75) is 6.92 Å². The molecule has 9 nitrogen and oxygen atoms in total. The van der Waals surface area contributed by atoms with Crippen LogP contribution in [-0.4, -0.2) is 40.1 Å². The first-order valence-electron chi connectivity index (χ1n) is 8.14. The normalized spacial score (nSPS) is 15.3. The summed E-state index contributed by atoms with van der Waals surface area (Å²) in [6, 6.07) is 9.07. The molecule has 28 heavy (non-hydrogen) atoms. The van der Waals surface area contributed by atoms with Gasteiger partial charge >= 0.3 is 5.97 Å². The van der Waals surface area contributed by atoms with Crippen LogP contribution in [0.3, 0.4) is 0 Å². The predicted octanol–water partition coefficient (Wildman–Crippen LogP) is 3.45. The minimum absolute atomic E-state index is 0.0363. The largest absolute Gasteiger partial charge is 0.465 e. The van der Waals surface area contributed by atoms with Gasteiger partial charge in [-0.2, -0.15) is 0 Å². The van der Waals surface area contributed by atoms with Crippen LogP contribution >= 0.6 is 11.8 Å². The summed E-state index contributed by atoms with van der Waals surface area (Å²) >= 11 is 0.703. The molecule has 0 radical (unpaired) electrons. The summed E-state index contributed by atoms with van der Waals surface area (Å²) in [6.45, 7) is 1.34. The van der Waals surface area contributed by atoms with Crippen molar-refractivity contribution in [2.75, 3.05) is 13.2 Å². The van der Waals surface area contributed by atoms with E-state index in [4.69, 9.17) is 9.15 Å². The highest BCUT2D eigenvalue weighted by Crippen LogP contribution is 2.33. The molecule has 2 aromatic rings. The van der Waals surface area contributed by atoms with E-state index in [2.05, 4.69) is 0 Å². The molecular formula is C18H14N2O7S. The van der Waals surface area contributed by atoms with E-state index in [9.17, 15) is 24.5 Å². The maximum atomic E-state index is 12.3. The number of carbonyl (C=O) groups excluding carboxylic acids is 3. The summed E-state index contributed by atoms with van der Waals surface area (Å²) in [5.41, 5.74) is 0.589. The SMILES string of the molecule is CCOC(=O)CN1C(=O)S/C(=C\c2ccc(-c3ccc([N+](=O)[O-])cc3)o2)C1=O. The van der Waals surface area contributed by atoms with Crippen LogP contribution in [-0.2, 0) is 14.3 Å². The summed E-state index contributed by atoms with van der Waals surface area (Å²) in [6.07, 6.45) is 1.41. The predicted molar refractivity (Wildman–Crippen MR) is 100 cm³/mol. The average molecular weight is 402 g/mol. The molecule has 1 aromatic heterocycles. The summed E-state index contributed by atoms with van der Waals surface area (Å²) < 4.78 is 10.4. The number of esters is 1. The van der Waals surface area contributed by atoms with E-state index in [1.54, 1.807) is 31.2 Å². The molecule has 0 saturated carbocycles. The number of nitrogens with zero attached hydrogens (tertiary/aromatic N) is 2. The molecule has 0 bridgehead atoms. The Labute approximate surface area is 163 Å². The molecule has 0 unspecified atom stereocenters. The first kappa shape index (κ1) is 19.4. The van der Waals surface area contributed by atoms with E-state index in [0.29, 0.717) is 28.8 Å². The lowest BCUT2D eigenvalue weighted by Crippen LogP contribution is -2.34. The van der Waals surface area contributed by atoms with Crippen LogP contribution in [0.25, 0.3) is 17.4 Å². The Bertz CT molecular complexity index is 978. The molecule has 1 aliphatic heterocycles. The molecule has 2 amide bonds. The smallest absolute Gasteiger partial charge is 0.326 e. The highest BCUT2D eigenvalue weighted by atomic mass is 32.2. The second kappa shape index (κ2) is 8.09. The molecule has 0 atom stereocenters. The van der Waals surface area contributed by atoms with Crippen LogP contribution in [0.15, 0.2) is 45.7 Å². The van der Waals surface area contributed by atoms with Gasteiger partial charge in [-0.1, -0.05) is 0 Å². The van der Waals surface area contributed by atoms with E-state index in [1.807, 2.05) is 0 Å². The van der Waals surface area contributed by atoms with Gasteiger partial charge in [0.1, 0.15) is 18.1 Å². The van der Waals surface area contributed by atoms with Crippen molar-refractivity contribution < 1.29 is 28.5 Å². The molecule has 0 aliphatic carbocycles. The number of hydrogen-bond acceptors (Lipinski definition) is 8. The van der Waals surface area contributed by atoms with E-state index in [-0.39, 0.29) is 17.2 Å². The molecule has 3 rings (SSSR count). The number of carbonyl (C=O) groups is 3. The van der Waals surface area contributed by atoms with Gasteiger partial charge in [-0.15, -0.1) is 0 Å². The van der Waals surface area contributed by atoms with Crippen molar-refractivity contribution in [3.8, 4) is 11.3 Å². The van der Waals surface area contributed by atoms with Crippen molar-refractivity contribution >= 4 is 40.6 Å². The number of amides is 2. The molecule has 144 valence electrons. The molecular weight excluding hydrogens is 388 g/mol. The molecule has 0 spiro atoms. The van der Waals surface area contributed by atoms with Crippen molar-refractivity contribution in [1.29, 1.82) is 0 Å². The fourth-order valence-corrected chi connectivity index (χ4v) is 3.25. The van der Waals surface area contributed by atoms with Gasteiger partial charge in [0.2, 0.25) is 0 Å². The minimum atomic E-state index is -0.662. The highest BCUT2D eigenvalue weighted by molar-refractivity contribution is 8.18. The molecule has 1 aliphatic rings. The van der Waals surface area contributed by atoms with E-state index >= 15 is 0 Å². The number of nitro groups is 1. The Kier molecular flexibility index (Phi) is 5.59. The fraction of sp³-hybridized carbons (Fsp3) is 0.167.